The standard InChI is InChI=1S/C16H16N2O2S/c1-12-10-17(11-14-8-5-9-20-14)16(21)18(15(12)19)13-6-3-2-4-7-13/h2-9,12H,10-11H2,1H3/t12-/m0/s1. The molecule has 21 heavy (non-hydrogen) atoms. The Balaban J connectivity index is 1.88. The maximum Gasteiger partial charge on any atom is 0.237 e. The van der Waals surface area contributed by atoms with Crippen molar-refractivity contribution in [1.29, 1.82) is 0 Å². The average molecular weight is 300 g/mol. The monoisotopic (exact) mass is 300 g/mol. The van der Waals surface area contributed by atoms with Crippen LogP contribution < -0.4 is 4.90 Å². The summed E-state index contributed by atoms with van der Waals surface area (Å²) in [5, 5.41) is 0.528. The Morgan fingerprint density at radius 1 is 1.24 bits per heavy atom. The van der Waals surface area contributed by atoms with Crippen LogP contribution in [0.15, 0.2) is 53.1 Å². The number of hydrogen-bond donors (Lipinski definition) is 0. The fourth-order valence-corrected chi connectivity index (χ4v) is 2.81. The highest BCUT2D eigenvalue weighted by molar-refractivity contribution is 7.80. The molecule has 0 aliphatic carbocycles. The molecule has 0 radical (unpaired) electrons. The summed E-state index contributed by atoms with van der Waals surface area (Å²) >= 11 is 5.52. The summed E-state index contributed by atoms with van der Waals surface area (Å²) in [4.78, 5) is 16.1. The summed E-state index contributed by atoms with van der Waals surface area (Å²) in [6, 6.07) is 13.3. The van der Waals surface area contributed by atoms with Crippen LogP contribution in [0.4, 0.5) is 5.69 Å². The number of thiocarbonyl (C=S) groups is 1. The van der Waals surface area contributed by atoms with E-state index in [2.05, 4.69) is 0 Å². The van der Waals surface area contributed by atoms with Crippen molar-refractivity contribution in [2.24, 2.45) is 5.92 Å². The van der Waals surface area contributed by atoms with Gasteiger partial charge in [-0.3, -0.25) is 9.69 Å². The van der Waals surface area contributed by atoms with Crippen LogP contribution in [-0.4, -0.2) is 22.5 Å². The highest BCUT2D eigenvalue weighted by Gasteiger charge is 2.35. The summed E-state index contributed by atoms with van der Waals surface area (Å²) in [7, 11) is 0. The summed E-state index contributed by atoms with van der Waals surface area (Å²) in [5.41, 5.74) is 0.809. The normalized spacial score (nSPS) is 19.2. The van der Waals surface area contributed by atoms with Crippen molar-refractivity contribution in [3.63, 3.8) is 0 Å². The van der Waals surface area contributed by atoms with E-state index in [1.807, 2.05) is 54.3 Å². The molecule has 0 bridgehead atoms. The van der Waals surface area contributed by atoms with Gasteiger partial charge in [0.1, 0.15) is 5.76 Å². The van der Waals surface area contributed by atoms with Crippen LogP contribution in [-0.2, 0) is 11.3 Å². The molecule has 0 saturated carbocycles. The van der Waals surface area contributed by atoms with Crippen molar-refractivity contribution in [3.05, 3.63) is 54.5 Å². The molecule has 1 amide bonds. The molecule has 1 atom stereocenters. The summed E-state index contributed by atoms with van der Waals surface area (Å²) in [6.07, 6.45) is 1.64. The van der Waals surface area contributed by atoms with Crippen LogP contribution >= 0.6 is 12.2 Å². The van der Waals surface area contributed by atoms with Crippen molar-refractivity contribution in [2.45, 2.75) is 13.5 Å². The lowest BCUT2D eigenvalue weighted by Crippen LogP contribution is -2.55. The highest BCUT2D eigenvalue weighted by atomic mass is 32.1. The molecule has 5 heteroatoms. The average Bonchev–Trinajstić information content (AvgIpc) is 2.99. The zero-order chi connectivity index (χ0) is 14.8. The number of rotatable bonds is 3. The number of carbonyl (C=O) groups excluding carboxylic acids is 1. The molecule has 108 valence electrons. The smallest absolute Gasteiger partial charge is 0.237 e. The third-order valence-corrected chi connectivity index (χ3v) is 3.98. The largest absolute Gasteiger partial charge is 0.467 e. The van der Waals surface area contributed by atoms with Crippen LogP contribution in [0.2, 0.25) is 0 Å². The third-order valence-electron chi connectivity index (χ3n) is 3.54. The molecular weight excluding hydrogens is 284 g/mol. The van der Waals surface area contributed by atoms with Crippen LogP contribution in [0.5, 0.6) is 0 Å². The van der Waals surface area contributed by atoms with Gasteiger partial charge in [-0.05, 0) is 36.5 Å². The van der Waals surface area contributed by atoms with E-state index in [4.69, 9.17) is 16.6 Å². The lowest BCUT2D eigenvalue weighted by atomic mass is 10.1. The van der Waals surface area contributed by atoms with Crippen molar-refractivity contribution in [3.8, 4) is 0 Å². The predicted molar refractivity (Wildman–Crippen MR) is 84.8 cm³/mol. The van der Waals surface area contributed by atoms with E-state index in [0.29, 0.717) is 18.2 Å². The summed E-state index contributed by atoms with van der Waals surface area (Å²) in [5.74, 6) is 0.778. The number of anilines is 1. The van der Waals surface area contributed by atoms with E-state index < -0.39 is 0 Å². The molecule has 1 aromatic heterocycles. The number of nitrogens with zero attached hydrogens (tertiary/aromatic N) is 2. The molecule has 1 aromatic carbocycles. The minimum Gasteiger partial charge on any atom is -0.467 e. The third kappa shape index (κ3) is 2.69. The molecule has 0 spiro atoms. The van der Waals surface area contributed by atoms with Crippen LogP contribution in [0.25, 0.3) is 0 Å². The highest BCUT2D eigenvalue weighted by Crippen LogP contribution is 2.25. The quantitative estimate of drug-likeness (QED) is 0.816. The van der Waals surface area contributed by atoms with Gasteiger partial charge >= 0.3 is 0 Å². The Morgan fingerprint density at radius 3 is 2.67 bits per heavy atom. The van der Waals surface area contributed by atoms with Gasteiger partial charge in [-0.25, -0.2) is 0 Å². The van der Waals surface area contributed by atoms with Crippen LogP contribution in [0.3, 0.4) is 0 Å². The van der Waals surface area contributed by atoms with Crippen LogP contribution in [0, 0.1) is 5.92 Å². The first kappa shape index (κ1) is 13.8. The molecule has 0 unspecified atom stereocenters. The second-order valence-corrected chi connectivity index (χ2v) is 5.52. The van der Waals surface area contributed by atoms with E-state index in [-0.39, 0.29) is 11.8 Å². The minimum absolute atomic E-state index is 0.0434. The fraction of sp³-hybridized carbons (Fsp3) is 0.250. The lowest BCUT2D eigenvalue weighted by molar-refractivity contribution is -0.122. The Labute approximate surface area is 129 Å². The number of benzene rings is 1. The first-order valence-electron chi connectivity index (χ1n) is 6.87. The maximum absolute atomic E-state index is 12.5. The van der Waals surface area contributed by atoms with Gasteiger partial charge < -0.3 is 9.32 Å². The van der Waals surface area contributed by atoms with Crippen molar-refractivity contribution in [1.82, 2.24) is 4.90 Å². The topological polar surface area (TPSA) is 36.7 Å². The molecule has 2 aromatic rings. The lowest BCUT2D eigenvalue weighted by Gasteiger charge is -2.39. The van der Waals surface area contributed by atoms with Gasteiger partial charge in [-0.1, -0.05) is 25.1 Å². The predicted octanol–water partition coefficient (Wildman–Crippen LogP) is 3.05. The molecule has 3 rings (SSSR count). The van der Waals surface area contributed by atoms with Gasteiger partial charge in [-0.2, -0.15) is 0 Å². The fourth-order valence-electron chi connectivity index (χ4n) is 2.48. The molecular formula is C16H16N2O2S. The number of hydrogen-bond acceptors (Lipinski definition) is 3. The Hall–Kier alpha value is -2.14. The number of furan rings is 1. The number of para-hydroxylation sites is 1. The van der Waals surface area contributed by atoms with E-state index in [0.717, 1.165) is 11.4 Å². The first-order chi connectivity index (χ1) is 10.2. The zero-order valence-corrected chi connectivity index (χ0v) is 12.5. The Kier molecular flexibility index (Phi) is 3.75. The second kappa shape index (κ2) is 5.69. The molecule has 1 aliphatic heterocycles. The van der Waals surface area contributed by atoms with Gasteiger partial charge in [-0.15, -0.1) is 0 Å². The maximum atomic E-state index is 12.5. The van der Waals surface area contributed by atoms with Crippen LogP contribution in [0.1, 0.15) is 12.7 Å². The van der Waals surface area contributed by atoms with E-state index in [1.165, 1.54) is 0 Å². The molecule has 1 saturated heterocycles. The van der Waals surface area contributed by atoms with Gasteiger partial charge in [0.15, 0.2) is 5.11 Å². The second-order valence-electron chi connectivity index (χ2n) is 5.15. The van der Waals surface area contributed by atoms with Gasteiger partial charge in [0.25, 0.3) is 0 Å². The Bertz CT molecular complexity index is 640. The molecule has 2 heterocycles. The summed E-state index contributed by atoms with van der Waals surface area (Å²) < 4.78 is 5.38. The van der Waals surface area contributed by atoms with Crippen molar-refractivity contribution >= 4 is 28.9 Å². The van der Waals surface area contributed by atoms with E-state index in [9.17, 15) is 4.79 Å². The minimum atomic E-state index is -0.105. The number of amides is 1. The Morgan fingerprint density at radius 2 is 2.00 bits per heavy atom. The zero-order valence-electron chi connectivity index (χ0n) is 11.7. The van der Waals surface area contributed by atoms with E-state index in [1.54, 1.807) is 11.2 Å². The molecule has 1 fully saturated rings. The molecule has 4 nitrogen and oxygen atoms in total. The molecule has 1 aliphatic rings. The first-order valence-corrected chi connectivity index (χ1v) is 7.28. The van der Waals surface area contributed by atoms with Gasteiger partial charge in [0, 0.05) is 6.54 Å². The van der Waals surface area contributed by atoms with Gasteiger partial charge in [0.05, 0.1) is 24.4 Å². The summed E-state index contributed by atoms with van der Waals surface area (Å²) in [6.45, 7) is 3.11. The van der Waals surface area contributed by atoms with Gasteiger partial charge in [0.2, 0.25) is 5.91 Å². The number of carbonyl (C=O) groups is 1. The van der Waals surface area contributed by atoms with Crippen molar-refractivity contribution < 1.29 is 9.21 Å². The van der Waals surface area contributed by atoms with Crippen molar-refractivity contribution in [2.75, 3.05) is 11.4 Å². The SMILES string of the molecule is C[C@H]1CN(Cc2ccco2)C(=S)N(c2ccccc2)C1=O. The van der Waals surface area contributed by atoms with E-state index >= 15 is 0 Å². The molecule has 0 N–H and O–H groups in total.